The summed E-state index contributed by atoms with van der Waals surface area (Å²) in [6.45, 7) is 7.86. The van der Waals surface area contributed by atoms with Crippen LogP contribution in [0, 0.1) is 5.92 Å². The van der Waals surface area contributed by atoms with Gasteiger partial charge in [0.25, 0.3) is 0 Å². The van der Waals surface area contributed by atoms with Crippen molar-refractivity contribution in [3.05, 3.63) is 23.8 Å². The maximum atomic E-state index is 13.2. The summed E-state index contributed by atoms with van der Waals surface area (Å²) in [7, 11) is 3.24. The van der Waals surface area contributed by atoms with Gasteiger partial charge in [-0.15, -0.1) is 0 Å². The lowest BCUT2D eigenvalue weighted by atomic mass is 9.88. The Kier molecular flexibility index (Phi) is 7.13. The molecule has 1 aromatic carbocycles. The molecule has 0 amide bonds. The van der Waals surface area contributed by atoms with E-state index in [-0.39, 0.29) is 11.7 Å². The number of rotatable bonds is 7. The highest BCUT2D eigenvalue weighted by atomic mass is 16.5. The van der Waals surface area contributed by atoms with Gasteiger partial charge in [-0.2, -0.15) is 0 Å². The molecular formula is C22H34N2O3. The molecule has 2 heterocycles. The highest BCUT2D eigenvalue weighted by molar-refractivity contribution is 6.00. The zero-order valence-electron chi connectivity index (χ0n) is 17.1. The van der Waals surface area contributed by atoms with Crippen molar-refractivity contribution in [2.45, 2.75) is 45.1 Å². The molecule has 5 nitrogen and oxygen atoms in total. The topological polar surface area (TPSA) is 42.0 Å². The van der Waals surface area contributed by atoms with Gasteiger partial charge in [0.2, 0.25) is 0 Å². The average molecular weight is 375 g/mol. The Morgan fingerprint density at radius 2 is 1.89 bits per heavy atom. The van der Waals surface area contributed by atoms with Gasteiger partial charge in [-0.25, -0.2) is 0 Å². The van der Waals surface area contributed by atoms with Crippen molar-refractivity contribution in [1.82, 2.24) is 9.80 Å². The average Bonchev–Trinajstić information content (AvgIpc) is 2.73. The van der Waals surface area contributed by atoms with Crippen LogP contribution < -0.4 is 9.47 Å². The zero-order valence-corrected chi connectivity index (χ0v) is 17.1. The van der Waals surface area contributed by atoms with Crippen LogP contribution >= 0.6 is 0 Å². The highest BCUT2D eigenvalue weighted by Crippen LogP contribution is 2.31. The fourth-order valence-corrected chi connectivity index (χ4v) is 4.60. The maximum Gasteiger partial charge on any atom is 0.170 e. The van der Waals surface area contributed by atoms with E-state index in [9.17, 15) is 4.79 Å². The third-order valence-electron chi connectivity index (χ3n) is 6.11. The monoisotopic (exact) mass is 374 g/mol. The first-order valence-corrected chi connectivity index (χ1v) is 10.4. The van der Waals surface area contributed by atoms with Crippen LogP contribution in [-0.4, -0.2) is 68.6 Å². The Morgan fingerprint density at radius 1 is 1.11 bits per heavy atom. The molecular weight excluding hydrogens is 340 g/mol. The van der Waals surface area contributed by atoms with Crippen LogP contribution in [0.5, 0.6) is 11.5 Å². The molecule has 0 bridgehead atoms. The molecule has 2 fully saturated rings. The summed E-state index contributed by atoms with van der Waals surface area (Å²) in [5.41, 5.74) is 0.683. The number of carbonyl (C=O) groups excluding carboxylic acids is 1. The summed E-state index contributed by atoms with van der Waals surface area (Å²) < 4.78 is 10.7. The molecule has 0 spiro atoms. The van der Waals surface area contributed by atoms with E-state index in [0.29, 0.717) is 23.1 Å². The van der Waals surface area contributed by atoms with Crippen molar-refractivity contribution in [2.75, 3.05) is 46.9 Å². The van der Waals surface area contributed by atoms with E-state index in [1.54, 1.807) is 20.3 Å². The molecule has 1 atom stereocenters. The predicted octanol–water partition coefficient (Wildman–Crippen LogP) is 3.47. The summed E-state index contributed by atoms with van der Waals surface area (Å²) in [4.78, 5) is 18.3. The first-order chi connectivity index (χ1) is 13.2. The van der Waals surface area contributed by atoms with Crippen molar-refractivity contribution in [3.8, 4) is 11.5 Å². The van der Waals surface area contributed by atoms with E-state index in [0.717, 1.165) is 25.9 Å². The van der Waals surface area contributed by atoms with Crippen LogP contribution in [0.2, 0.25) is 0 Å². The predicted molar refractivity (Wildman–Crippen MR) is 108 cm³/mol. The second-order valence-electron chi connectivity index (χ2n) is 7.84. The number of Topliss-reactive ketones (excluding diaryl/α,β-unsaturated/α-hetero) is 1. The van der Waals surface area contributed by atoms with Crippen molar-refractivity contribution in [3.63, 3.8) is 0 Å². The Hall–Kier alpha value is -1.59. The van der Waals surface area contributed by atoms with Gasteiger partial charge >= 0.3 is 0 Å². The minimum Gasteiger partial charge on any atom is -0.497 e. The van der Waals surface area contributed by atoms with Gasteiger partial charge in [-0.1, -0.05) is 6.92 Å². The van der Waals surface area contributed by atoms with Gasteiger partial charge < -0.3 is 14.4 Å². The maximum absolute atomic E-state index is 13.2. The molecule has 3 rings (SSSR count). The van der Waals surface area contributed by atoms with Crippen LogP contribution in [0.3, 0.4) is 0 Å². The lowest BCUT2D eigenvalue weighted by Crippen LogP contribution is -2.49. The molecule has 0 aromatic heterocycles. The number of likely N-dealkylation sites (tertiary alicyclic amines) is 2. The van der Waals surface area contributed by atoms with Crippen molar-refractivity contribution >= 4 is 5.78 Å². The van der Waals surface area contributed by atoms with Gasteiger partial charge in [0, 0.05) is 24.6 Å². The van der Waals surface area contributed by atoms with Crippen LogP contribution in [-0.2, 0) is 0 Å². The zero-order chi connectivity index (χ0) is 19.2. The van der Waals surface area contributed by atoms with Gasteiger partial charge in [-0.05, 0) is 70.4 Å². The fraction of sp³-hybridized carbons (Fsp3) is 0.682. The number of carbonyl (C=O) groups is 1. The molecule has 0 aliphatic carbocycles. The molecule has 0 N–H and O–H groups in total. The van der Waals surface area contributed by atoms with E-state index in [1.165, 1.54) is 38.9 Å². The molecule has 2 aliphatic heterocycles. The quantitative estimate of drug-likeness (QED) is 0.684. The summed E-state index contributed by atoms with van der Waals surface area (Å²) >= 11 is 0. The van der Waals surface area contributed by atoms with Gasteiger partial charge in [0.05, 0.1) is 19.8 Å². The first-order valence-electron chi connectivity index (χ1n) is 10.4. The summed E-state index contributed by atoms with van der Waals surface area (Å²) in [6, 6.07) is 6.13. The van der Waals surface area contributed by atoms with Crippen molar-refractivity contribution in [2.24, 2.45) is 5.92 Å². The molecule has 2 saturated heterocycles. The molecule has 1 unspecified atom stereocenters. The molecule has 27 heavy (non-hydrogen) atoms. The number of piperidine rings is 2. The largest absolute Gasteiger partial charge is 0.497 e. The minimum absolute atomic E-state index is 0.0646. The normalized spacial score (nSPS) is 22.6. The number of hydrogen-bond donors (Lipinski definition) is 0. The minimum atomic E-state index is 0.0646. The Balaban J connectivity index is 1.63. The van der Waals surface area contributed by atoms with Crippen LogP contribution in [0.25, 0.3) is 0 Å². The number of benzene rings is 1. The third-order valence-corrected chi connectivity index (χ3v) is 6.11. The van der Waals surface area contributed by atoms with E-state index >= 15 is 0 Å². The molecule has 5 heteroatoms. The summed E-state index contributed by atoms with van der Waals surface area (Å²) in [5.74, 6) is 1.61. The highest BCUT2D eigenvalue weighted by Gasteiger charge is 2.32. The standard InChI is InChI=1S/C22H34N2O3/c1-4-11-23-13-9-18(10-14-23)24-12-5-6-17(16-24)22(25)20-8-7-19(26-2)15-21(20)27-3/h7-8,15,17-18H,4-6,9-14,16H2,1-3H3. The number of nitrogens with zero attached hydrogens (tertiary/aromatic N) is 2. The lowest BCUT2D eigenvalue weighted by molar-refractivity contribution is 0.0595. The van der Waals surface area contributed by atoms with E-state index in [4.69, 9.17) is 9.47 Å². The van der Waals surface area contributed by atoms with Gasteiger partial charge in [0.1, 0.15) is 11.5 Å². The second kappa shape index (κ2) is 9.56. The van der Waals surface area contributed by atoms with E-state index in [1.807, 2.05) is 12.1 Å². The van der Waals surface area contributed by atoms with Gasteiger partial charge in [-0.3, -0.25) is 9.69 Å². The first kappa shape index (κ1) is 20.2. The van der Waals surface area contributed by atoms with E-state index in [2.05, 4.69) is 16.7 Å². The Bertz CT molecular complexity index is 626. The van der Waals surface area contributed by atoms with Gasteiger partial charge in [0.15, 0.2) is 5.78 Å². The molecule has 0 saturated carbocycles. The second-order valence-corrected chi connectivity index (χ2v) is 7.84. The third kappa shape index (κ3) is 4.82. The summed E-state index contributed by atoms with van der Waals surface area (Å²) in [5, 5.41) is 0. The Morgan fingerprint density at radius 3 is 2.56 bits per heavy atom. The number of ether oxygens (including phenoxy) is 2. The number of methoxy groups -OCH3 is 2. The lowest BCUT2D eigenvalue weighted by Gasteiger charge is -2.42. The number of hydrogen-bond acceptors (Lipinski definition) is 5. The summed E-state index contributed by atoms with van der Waals surface area (Å²) in [6.07, 6.45) is 5.76. The molecule has 150 valence electrons. The van der Waals surface area contributed by atoms with Crippen LogP contribution in [0.15, 0.2) is 18.2 Å². The molecule has 1 aromatic rings. The van der Waals surface area contributed by atoms with E-state index < -0.39 is 0 Å². The Labute approximate surface area is 163 Å². The molecule has 0 radical (unpaired) electrons. The number of ketones is 1. The van der Waals surface area contributed by atoms with Crippen LogP contribution in [0.4, 0.5) is 0 Å². The van der Waals surface area contributed by atoms with Crippen LogP contribution in [0.1, 0.15) is 49.4 Å². The molecule has 2 aliphatic rings. The van der Waals surface area contributed by atoms with Crippen molar-refractivity contribution in [1.29, 1.82) is 0 Å². The fourth-order valence-electron chi connectivity index (χ4n) is 4.60. The van der Waals surface area contributed by atoms with Crippen molar-refractivity contribution < 1.29 is 14.3 Å². The SMILES string of the molecule is CCCN1CCC(N2CCCC(C(=O)c3ccc(OC)cc3OC)C2)CC1. The smallest absolute Gasteiger partial charge is 0.170 e.